The van der Waals surface area contributed by atoms with Crippen molar-refractivity contribution in [1.29, 1.82) is 0 Å². The van der Waals surface area contributed by atoms with Crippen LogP contribution in [0.4, 0.5) is 5.69 Å². The minimum atomic E-state index is -0.0805. The summed E-state index contributed by atoms with van der Waals surface area (Å²) in [5.74, 6) is 2.62. The van der Waals surface area contributed by atoms with Crippen molar-refractivity contribution >= 4 is 23.2 Å². The summed E-state index contributed by atoms with van der Waals surface area (Å²) in [6.45, 7) is 2.17. The SMILES string of the molecule is COc1ccc(Cl)cc1NC(=O)CN1CCCC1c1nnc2n1CCCCC2. The highest BCUT2D eigenvalue weighted by atomic mass is 35.5. The Kier molecular flexibility index (Phi) is 5.82. The Labute approximate surface area is 170 Å². The van der Waals surface area contributed by atoms with E-state index in [4.69, 9.17) is 16.3 Å². The van der Waals surface area contributed by atoms with Crippen molar-refractivity contribution in [2.45, 2.75) is 51.1 Å². The smallest absolute Gasteiger partial charge is 0.238 e. The number of fused-ring (bicyclic) bond motifs is 1. The number of hydrogen-bond acceptors (Lipinski definition) is 5. The Hall–Kier alpha value is -2.12. The number of carbonyl (C=O) groups is 1. The lowest BCUT2D eigenvalue weighted by Crippen LogP contribution is -2.34. The van der Waals surface area contributed by atoms with Gasteiger partial charge in [-0.3, -0.25) is 9.69 Å². The molecule has 4 rings (SSSR count). The molecule has 1 unspecified atom stereocenters. The lowest BCUT2D eigenvalue weighted by Gasteiger charge is -2.24. The van der Waals surface area contributed by atoms with Gasteiger partial charge in [-0.25, -0.2) is 0 Å². The predicted molar refractivity (Wildman–Crippen MR) is 108 cm³/mol. The van der Waals surface area contributed by atoms with Gasteiger partial charge in [0.05, 0.1) is 25.4 Å². The highest BCUT2D eigenvalue weighted by Crippen LogP contribution is 2.32. The largest absolute Gasteiger partial charge is 0.495 e. The third-order valence-electron chi connectivity index (χ3n) is 5.58. The first-order chi connectivity index (χ1) is 13.7. The van der Waals surface area contributed by atoms with E-state index in [-0.39, 0.29) is 11.9 Å². The number of likely N-dealkylation sites (tertiary alicyclic amines) is 1. The molecule has 0 bridgehead atoms. The molecule has 3 heterocycles. The molecule has 150 valence electrons. The number of carbonyl (C=O) groups excluding carboxylic acids is 1. The number of hydrogen-bond donors (Lipinski definition) is 1. The van der Waals surface area contributed by atoms with Gasteiger partial charge in [-0.05, 0) is 50.4 Å². The van der Waals surface area contributed by atoms with Gasteiger partial charge < -0.3 is 14.6 Å². The van der Waals surface area contributed by atoms with Crippen molar-refractivity contribution < 1.29 is 9.53 Å². The fourth-order valence-corrected chi connectivity index (χ4v) is 4.39. The van der Waals surface area contributed by atoms with E-state index in [0.29, 0.717) is 23.0 Å². The van der Waals surface area contributed by atoms with Gasteiger partial charge in [0.15, 0.2) is 0 Å². The summed E-state index contributed by atoms with van der Waals surface area (Å²) in [4.78, 5) is 14.9. The van der Waals surface area contributed by atoms with Crippen LogP contribution in [0.1, 0.15) is 49.8 Å². The van der Waals surface area contributed by atoms with Gasteiger partial charge in [-0.15, -0.1) is 10.2 Å². The first-order valence-electron chi connectivity index (χ1n) is 9.95. The quantitative estimate of drug-likeness (QED) is 0.827. The molecule has 7 nitrogen and oxygen atoms in total. The molecule has 0 radical (unpaired) electrons. The van der Waals surface area contributed by atoms with Crippen LogP contribution >= 0.6 is 11.6 Å². The van der Waals surface area contributed by atoms with E-state index in [1.807, 2.05) is 0 Å². The van der Waals surface area contributed by atoms with Crippen molar-refractivity contribution in [3.05, 3.63) is 34.9 Å². The molecule has 1 saturated heterocycles. The molecule has 1 atom stereocenters. The highest BCUT2D eigenvalue weighted by Gasteiger charge is 2.32. The third-order valence-corrected chi connectivity index (χ3v) is 5.82. The molecule has 1 fully saturated rings. The second kappa shape index (κ2) is 8.49. The van der Waals surface area contributed by atoms with Gasteiger partial charge in [0.25, 0.3) is 0 Å². The molecule has 2 aromatic rings. The molecular formula is C20H26ClN5O2. The van der Waals surface area contributed by atoms with Crippen LogP contribution < -0.4 is 10.1 Å². The van der Waals surface area contributed by atoms with Crippen LogP contribution in [-0.4, -0.2) is 45.8 Å². The van der Waals surface area contributed by atoms with E-state index >= 15 is 0 Å². The first-order valence-corrected chi connectivity index (χ1v) is 10.3. The lowest BCUT2D eigenvalue weighted by molar-refractivity contribution is -0.117. The number of ether oxygens (including phenoxy) is 1. The number of aryl methyl sites for hydroxylation is 1. The average Bonchev–Trinajstić information content (AvgIpc) is 3.21. The van der Waals surface area contributed by atoms with E-state index in [2.05, 4.69) is 25.0 Å². The third kappa shape index (κ3) is 4.00. The van der Waals surface area contributed by atoms with Crippen LogP contribution in [0.3, 0.4) is 0 Å². The van der Waals surface area contributed by atoms with E-state index in [9.17, 15) is 4.79 Å². The summed E-state index contributed by atoms with van der Waals surface area (Å²) in [5.41, 5.74) is 0.590. The minimum absolute atomic E-state index is 0.0805. The van der Waals surface area contributed by atoms with Crippen LogP contribution in [0.15, 0.2) is 18.2 Å². The summed E-state index contributed by atoms with van der Waals surface area (Å²) < 4.78 is 7.60. The molecule has 1 aromatic carbocycles. The van der Waals surface area contributed by atoms with E-state index < -0.39 is 0 Å². The van der Waals surface area contributed by atoms with Gasteiger partial charge in [-0.2, -0.15) is 0 Å². The zero-order valence-electron chi connectivity index (χ0n) is 16.2. The topological polar surface area (TPSA) is 72.3 Å². The normalized spacial score (nSPS) is 19.9. The molecule has 1 N–H and O–H groups in total. The molecule has 1 aromatic heterocycles. The Balaban J connectivity index is 1.47. The van der Waals surface area contributed by atoms with Crippen molar-refractivity contribution in [3.8, 4) is 5.75 Å². The monoisotopic (exact) mass is 403 g/mol. The Morgan fingerprint density at radius 1 is 1.25 bits per heavy atom. The standard InChI is InChI=1S/C20H26ClN5O2/c1-28-17-9-8-14(21)12-15(17)22-19(27)13-25-10-5-6-16(25)20-24-23-18-7-3-2-4-11-26(18)20/h8-9,12,16H,2-7,10-11,13H2,1H3,(H,22,27). The second-order valence-corrected chi connectivity index (χ2v) is 7.89. The maximum absolute atomic E-state index is 12.7. The van der Waals surface area contributed by atoms with Crippen molar-refractivity contribution in [2.75, 3.05) is 25.5 Å². The summed E-state index contributed by atoms with van der Waals surface area (Å²) in [6, 6.07) is 5.34. The number of aromatic nitrogens is 3. The Morgan fingerprint density at radius 2 is 2.14 bits per heavy atom. The maximum Gasteiger partial charge on any atom is 0.238 e. The molecule has 28 heavy (non-hydrogen) atoms. The molecular weight excluding hydrogens is 378 g/mol. The number of halogens is 1. The molecule has 0 spiro atoms. The first kappa shape index (κ1) is 19.2. The number of amides is 1. The molecule has 1 amide bonds. The van der Waals surface area contributed by atoms with Crippen LogP contribution in [-0.2, 0) is 17.8 Å². The molecule has 0 saturated carbocycles. The predicted octanol–water partition coefficient (Wildman–Crippen LogP) is 3.44. The molecule has 2 aliphatic rings. The Morgan fingerprint density at radius 3 is 3.00 bits per heavy atom. The molecule has 2 aliphatic heterocycles. The zero-order valence-corrected chi connectivity index (χ0v) is 16.9. The summed E-state index contributed by atoms with van der Waals surface area (Å²) in [5, 5.41) is 12.4. The van der Waals surface area contributed by atoms with Crippen LogP contribution in [0.25, 0.3) is 0 Å². The molecule has 8 heteroatoms. The van der Waals surface area contributed by atoms with Gasteiger partial charge in [-0.1, -0.05) is 18.0 Å². The average molecular weight is 404 g/mol. The van der Waals surface area contributed by atoms with Crippen LogP contribution in [0.2, 0.25) is 5.02 Å². The van der Waals surface area contributed by atoms with E-state index in [1.54, 1.807) is 25.3 Å². The summed E-state index contributed by atoms with van der Waals surface area (Å²) in [7, 11) is 1.58. The number of anilines is 1. The van der Waals surface area contributed by atoms with Gasteiger partial charge in [0.2, 0.25) is 5.91 Å². The summed E-state index contributed by atoms with van der Waals surface area (Å²) in [6.07, 6.45) is 6.64. The second-order valence-electron chi connectivity index (χ2n) is 7.46. The minimum Gasteiger partial charge on any atom is -0.495 e. The van der Waals surface area contributed by atoms with Gasteiger partial charge in [0.1, 0.15) is 17.4 Å². The molecule has 0 aliphatic carbocycles. The van der Waals surface area contributed by atoms with Gasteiger partial charge in [0, 0.05) is 18.0 Å². The number of nitrogens with zero attached hydrogens (tertiary/aromatic N) is 4. The van der Waals surface area contributed by atoms with Crippen LogP contribution in [0, 0.1) is 0 Å². The maximum atomic E-state index is 12.7. The number of rotatable bonds is 5. The lowest BCUT2D eigenvalue weighted by atomic mass is 10.2. The zero-order chi connectivity index (χ0) is 19.5. The summed E-state index contributed by atoms with van der Waals surface area (Å²) >= 11 is 6.06. The van der Waals surface area contributed by atoms with Crippen LogP contribution in [0.5, 0.6) is 5.75 Å². The van der Waals surface area contributed by atoms with E-state index in [1.165, 1.54) is 19.3 Å². The van der Waals surface area contributed by atoms with Gasteiger partial charge >= 0.3 is 0 Å². The number of methoxy groups -OCH3 is 1. The van der Waals surface area contributed by atoms with Crippen molar-refractivity contribution in [1.82, 2.24) is 19.7 Å². The Bertz CT molecular complexity index is 853. The fraction of sp³-hybridized carbons (Fsp3) is 0.550. The van der Waals surface area contributed by atoms with Crippen molar-refractivity contribution in [2.24, 2.45) is 0 Å². The fourth-order valence-electron chi connectivity index (χ4n) is 4.21. The number of nitrogens with one attached hydrogen (secondary N) is 1. The highest BCUT2D eigenvalue weighted by molar-refractivity contribution is 6.31. The van der Waals surface area contributed by atoms with Crippen molar-refractivity contribution in [3.63, 3.8) is 0 Å². The van der Waals surface area contributed by atoms with E-state index in [0.717, 1.165) is 44.0 Å². The number of benzene rings is 1.